The number of allylic oxidation sites excluding steroid dienone is 8. The normalized spacial score (nSPS) is 20.9. The smallest absolute Gasteiger partial charge is 0.210 e. The summed E-state index contributed by atoms with van der Waals surface area (Å²) in [6, 6.07) is 109. The fourth-order valence-corrected chi connectivity index (χ4v) is 18.5. The molecule has 100 heavy (non-hydrogen) atoms. The molecule has 0 fully saturated rings. The summed E-state index contributed by atoms with van der Waals surface area (Å²) in [4.78, 5) is 4.91. The van der Waals surface area contributed by atoms with E-state index >= 15 is 0 Å². The highest BCUT2D eigenvalue weighted by atomic mass is 15.2. The van der Waals surface area contributed by atoms with E-state index in [9.17, 15) is 0 Å². The molecule has 0 aromatic heterocycles. The van der Waals surface area contributed by atoms with Crippen LogP contribution in [0.4, 0.5) is 22.7 Å². The molecule has 17 rings (SSSR count). The molecular weight excluding hydrogens is 1210 g/mol. The minimum atomic E-state index is -0.387. The van der Waals surface area contributed by atoms with Gasteiger partial charge in [-0.2, -0.15) is 9.15 Å². The second kappa shape index (κ2) is 25.0. The van der Waals surface area contributed by atoms with Crippen molar-refractivity contribution in [2.24, 2.45) is 0 Å². The molecule has 0 radical (unpaired) electrons. The number of fused-ring (bicyclic) bond motifs is 12. The van der Waals surface area contributed by atoms with Crippen molar-refractivity contribution in [3.8, 4) is 0 Å². The van der Waals surface area contributed by atoms with E-state index in [4.69, 9.17) is 0 Å². The number of likely N-dealkylation sites (N-methyl/N-ethyl adjacent to an activating group) is 2. The summed E-state index contributed by atoms with van der Waals surface area (Å²) in [5.74, 6) is 0. The van der Waals surface area contributed by atoms with Crippen LogP contribution in [0, 0.1) is 0 Å². The van der Waals surface area contributed by atoms with Crippen molar-refractivity contribution in [1.82, 2.24) is 0 Å². The third-order valence-electron chi connectivity index (χ3n) is 23.0. The second-order valence-electron chi connectivity index (χ2n) is 29.4. The van der Waals surface area contributed by atoms with Crippen molar-refractivity contribution in [2.75, 3.05) is 23.9 Å². The van der Waals surface area contributed by atoms with Crippen LogP contribution in [0.25, 0.3) is 43.1 Å². The highest BCUT2D eigenvalue weighted by Gasteiger charge is 2.52. The van der Waals surface area contributed by atoms with E-state index < -0.39 is 0 Å². The van der Waals surface area contributed by atoms with Crippen LogP contribution in [-0.2, 0) is 60.4 Å². The lowest BCUT2D eigenvalue weighted by Crippen LogP contribution is -2.34. The van der Waals surface area contributed by atoms with Crippen LogP contribution >= 0.6 is 0 Å². The first-order chi connectivity index (χ1) is 48.9. The summed E-state index contributed by atoms with van der Waals surface area (Å²) in [7, 11) is 4.54. The largest absolute Gasteiger partial charge is 0.347 e. The van der Waals surface area contributed by atoms with E-state index in [2.05, 4.69) is 388 Å². The van der Waals surface area contributed by atoms with Crippen molar-refractivity contribution in [2.45, 2.75) is 88.1 Å². The van der Waals surface area contributed by atoms with Crippen LogP contribution in [0.1, 0.15) is 83.3 Å². The fourth-order valence-electron chi connectivity index (χ4n) is 18.5. The van der Waals surface area contributed by atoms with Crippen molar-refractivity contribution in [3.05, 3.63) is 395 Å². The van der Waals surface area contributed by atoms with Gasteiger partial charge in [0, 0.05) is 94.2 Å². The summed E-state index contributed by atoms with van der Waals surface area (Å²) in [6.07, 6.45) is 18.0. The first-order valence-electron chi connectivity index (χ1n) is 35.8. The van der Waals surface area contributed by atoms with Crippen LogP contribution in [0.15, 0.2) is 339 Å². The second-order valence-corrected chi connectivity index (χ2v) is 29.4. The molecule has 13 aromatic carbocycles. The number of benzene rings is 13. The molecule has 13 aromatic rings. The van der Waals surface area contributed by atoms with Gasteiger partial charge < -0.3 is 9.80 Å². The highest BCUT2D eigenvalue weighted by Crippen LogP contribution is 2.55. The Morgan fingerprint density at radius 3 is 0.890 bits per heavy atom. The van der Waals surface area contributed by atoms with Gasteiger partial charge in [-0.05, 0) is 166 Å². The Balaban J connectivity index is 0.788. The molecule has 0 spiro atoms. The molecule has 4 aliphatic heterocycles. The number of nitrogens with zero attached hydrogens (tertiary/aromatic N) is 4. The third-order valence-corrected chi connectivity index (χ3v) is 23.0. The minimum Gasteiger partial charge on any atom is -0.347 e. The van der Waals surface area contributed by atoms with Gasteiger partial charge in [-0.25, -0.2) is 0 Å². The monoisotopic (exact) mass is 1290 g/mol. The summed E-state index contributed by atoms with van der Waals surface area (Å²) >= 11 is 0. The Morgan fingerprint density at radius 2 is 0.560 bits per heavy atom. The first kappa shape index (κ1) is 62.3. The zero-order chi connectivity index (χ0) is 67.7. The van der Waals surface area contributed by atoms with Crippen LogP contribution in [0.3, 0.4) is 0 Å². The number of hydrogen-bond donors (Lipinski definition) is 0. The molecule has 486 valence electrons. The standard InChI is InChI=1S/C96H84N4/c1-93(61-67-29-11-7-12-30-67)85(97(5)81-57-53-73-37-19-23-41-77(73)89(81)93)45-27-47-87-95(3,63-69-33-15-9-16-34-69)91-79-43-25-21-39-75(79)55-59-83(91)99(87)65-71-49-51-72(52-50-71)66-100-84-60-56-76-40-22-26-44-80(76)92(84)96(4,64-70-35-17-10-18-36-70)88(100)48-28-46-86-94(2,62-68-31-13-8-14-32-68)90-78-42-24-20-38-74(78)54-58-82(90)98(86)6/h7-60H,61-66H2,1-6H3/q+2. The van der Waals surface area contributed by atoms with E-state index in [0.717, 1.165) is 25.7 Å². The van der Waals surface area contributed by atoms with E-state index in [1.54, 1.807) is 0 Å². The lowest BCUT2D eigenvalue weighted by atomic mass is 9.72. The predicted octanol–water partition coefficient (Wildman–Crippen LogP) is 22.1. The average Bonchev–Trinajstić information content (AvgIpc) is 1.58. The molecule has 0 bridgehead atoms. The van der Waals surface area contributed by atoms with Gasteiger partial charge >= 0.3 is 0 Å². The maximum Gasteiger partial charge on any atom is 0.210 e. The Kier molecular flexibility index (Phi) is 15.6. The quantitative estimate of drug-likeness (QED) is 0.0894. The zero-order valence-corrected chi connectivity index (χ0v) is 58.2. The first-order valence-corrected chi connectivity index (χ1v) is 35.8. The molecule has 4 unspecified atom stereocenters. The summed E-state index contributed by atoms with van der Waals surface area (Å²) in [5, 5.41) is 10.3. The lowest BCUT2D eigenvalue weighted by molar-refractivity contribution is -0.455. The van der Waals surface area contributed by atoms with Gasteiger partial charge in [0.05, 0.1) is 10.8 Å². The zero-order valence-electron chi connectivity index (χ0n) is 58.2. The lowest BCUT2D eigenvalue weighted by Gasteiger charge is -2.29. The Hall–Kier alpha value is -11.2. The van der Waals surface area contributed by atoms with Gasteiger partial charge in [0.15, 0.2) is 24.5 Å². The van der Waals surface area contributed by atoms with Gasteiger partial charge in [-0.3, -0.25) is 0 Å². The highest BCUT2D eigenvalue weighted by molar-refractivity contribution is 6.10. The van der Waals surface area contributed by atoms with Gasteiger partial charge in [0.2, 0.25) is 11.4 Å². The van der Waals surface area contributed by atoms with E-state index in [-0.39, 0.29) is 21.7 Å². The van der Waals surface area contributed by atoms with Crippen molar-refractivity contribution in [1.29, 1.82) is 0 Å². The molecule has 0 saturated heterocycles. The fraction of sp³-hybridized carbons (Fsp3) is 0.167. The summed E-state index contributed by atoms with van der Waals surface area (Å²) < 4.78 is 5.29. The van der Waals surface area contributed by atoms with Crippen molar-refractivity contribution >= 4 is 77.3 Å². The molecular formula is C96H84N4+2. The summed E-state index contributed by atoms with van der Waals surface area (Å²) in [5.41, 5.74) is 22.2. The maximum absolute atomic E-state index is 2.65. The molecule has 0 saturated carbocycles. The topological polar surface area (TPSA) is 12.5 Å². The average molecular weight is 1290 g/mol. The van der Waals surface area contributed by atoms with E-state index in [1.807, 2.05) is 0 Å². The third kappa shape index (κ3) is 10.5. The molecule has 4 aliphatic rings. The SMILES string of the molecule is CN1C(=CC=CC2=[N+](Cc3ccc(C[N+]4=C(C=CC=C5N(C)c6ccc7ccccc7c6C5(C)Cc5ccccc5)C(C)(Cc5ccccc5)c5c4ccc4ccccc54)cc3)c3ccc4ccccc4c3C2(C)Cc2ccccc2)C(C)(Cc2ccccc2)c2c1ccc1ccccc21. The maximum atomic E-state index is 2.65. The van der Waals surface area contributed by atoms with Gasteiger partial charge in [0.1, 0.15) is 0 Å². The predicted molar refractivity (Wildman–Crippen MR) is 421 cm³/mol. The van der Waals surface area contributed by atoms with E-state index in [1.165, 1.54) is 144 Å². The molecule has 0 aliphatic carbocycles. The van der Waals surface area contributed by atoms with Crippen LogP contribution in [-0.4, -0.2) is 34.7 Å². The van der Waals surface area contributed by atoms with Gasteiger partial charge in [-0.15, -0.1) is 0 Å². The number of rotatable bonds is 16. The van der Waals surface area contributed by atoms with Gasteiger partial charge in [0.25, 0.3) is 0 Å². The Bertz CT molecular complexity index is 5220. The molecule has 4 atom stereocenters. The molecule has 4 heterocycles. The number of hydrogen-bond acceptors (Lipinski definition) is 2. The van der Waals surface area contributed by atoms with Crippen molar-refractivity contribution in [3.63, 3.8) is 0 Å². The summed E-state index contributed by atoms with van der Waals surface area (Å²) in [6.45, 7) is 11.3. The van der Waals surface area contributed by atoms with Crippen LogP contribution < -0.4 is 9.80 Å². The molecule has 4 heteroatoms. The molecule has 0 N–H and O–H groups in total. The molecule has 0 amide bonds. The van der Waals surface area contributed by atoms with Crippen LogP contribution in [0.2, 0.25) is 0 Å². The Labute approximate surface area is 589 Å². The van der Waals surface area contributed by atoms with Crippen molar-refractivity contribution < 1.29 is 9.15 Å². The minimum absolute atomic E-state index is 0.302. The number of anilines is 2. The van der Waals surface area contributed by atoms with Crippen LogP contribution in [0.5, 0.6) is 0 Å². The van der Waals surface area contributed by atoms with E-state index in [0.29, 0.717) is 13.1 Å². The van der Waals surface area contributed by atoms with Gasteiger partial charge in [-0.1, -0.05) is 267 Å². The Morgan fingerprint density at radius 1 is 0.280 bits per heavy atom. The molecule has 4 nitrogen and oxygen atoms in total.